The fraction of sp³-hybridized carbons (Fsp3) is 0.0400. The number of rotatable bonds is 4. The number of ether oxygens (including phenoxy) is 1. The Hall–Kier alpha value is -3.83. The minimum absolute atomic E-state index is 0.412. The van der Waals surface area contributed by atoms with E-state index in [0.29, 0.717) is 16.5 Å². The Balaban J connectivity index is 1.81. The van der Waals surface area contributed by atoms with Crippen LogP contribution in [0.5, 0.6) is 5.75 Å². The third kappa shape index (κ3) is 3.49. The highest BCUT2D eigenvalue weighted by Crippen LogP contribution is 2.35. The zero-order chi connectivity index (χ0) is 21.4. The van der Waals surface area contributed by atoms with Crippen molar-refractivity contribution < 1.29 is 4.74 Å². The number of aromatic nitrogens is 3. The highest BCUT2D eigenvalue weighted by molar-refractivity contribution is 6.30. The SMILES string of the molecule is COc1ccc(-c2cc(-c3ccccc3)nc3c(-c4ccc(Cl)cc4)c(N)nn23)cc1. The highest BCUT2D eigenvalue weighted by atomic mass is 35.5. The molecule has 2 N–H and O–H groups in total. The fourth-order valence-electron chi connectivity index (χ4n) is 3.65. The minimum Gasteiger partial charge on any atom is -0.497 e. The van der Waals surface area contributed by atoms with Gasteiger partial charge in [-0.05, 0) is 48.0 Å². The van der Waals surface area contributed by atoms with Gasteiger partial charge in [-0.1, -0.05) is 54.1 Å². The molecule has 5 rings (SSSR count). The topological polar surface area (TPSA) is 65.4 Å². The predicted octanol–water partition coefficient (Wildman–Crippen LogP) is 5.97. The van der Waals surface area contributed by atoms with E-state index in [-0.39, 0.29) is 0 Å². The van der Waals surface area contributed by atoms with Crippen molar-refractivity contribution in [1.82, 2.24) is 14.6 Å². The van der Waals surface area contributed by atoms with E-state index in [2.05, 4.69) is 5.10 Å². The molecular weight excluding hydrogens is 408 g/mol. The molecule has 5 aromatic rings. The van der Waals surface area contributed by atoms with Gasteiger partial charge in [-0.25, -0.2) is 9.50 Å². The zero-order valence-electron chi connectivity index (χ0n) is 16.8. The summed E-state index contributed by atoms with van der Waals surface area (Å²) < 4.78 is 7.11. The van der Waals surface area contributed by atoms with Crippen LogP contribution in [-0.4, -0.2) is 21.7 Å². The number of nitrogens with two attached hydrogens (primary N) is 1. The van der Waals surface area contributed by atoms with Crippen LogP contribution in [0, 0.1) is 0 Å². The molecule has 152 valence electrons. The zero-order valence-corrected chi connectivity index (χ0v) is 17.5. The first kappa shape index (κ1) is 19.2. The van der Waals surface area contributed by atoms with Crippen LogP contribution in [0.25, 0.3) is 39.3 Å². The molecule has 0 spiro atoms. The van der Waals surface area contributed by atoms with Crippen molar-refractivity contribution in [2.75, 3.05) is 12.8 Å². The molecule has 0 atom stereocenters. The molecule has 2 aromatic heterocycles. The Labute approximate surface area is 184 Å². The van der Waals surface area contributed by atoms with Gasteiger partial charge >= 0.3 is 0 Å². The van der Waals surface area contributed by atoms with E-state index in [1.165, 1.54) is 0 Å². The number of benzene rings is 3. The largest absolute Gasteiger partial charge is 0.497 e. The summed E-state index contributed by atoms with van der Waals surface area (Å²) in [6, 6.07) is 27.5. The number of nitrogen functional groups attached to an aromatic ring is 1. The van der Waals surface area contributed by atoms with Gasteiger partial charge in [0.2, 0.25) is 0 Å². The van der Waals surface area contributed by atoms with Crippen LogP contribution in [0.1, 0.15) is 0 Å². The van der Waals surface area contributed by atoms with Crippen LogP contribution < -0.4 is 10.5 Å². The van der Waals surface area contributed by atoms with Gasteiger partial charge in [0.25, 0.3) is 0 Å². The monoisotopic (exact) mass is 426 g/mol. The molecule has 0 bridgehead atoms. The fourth-order valence-corrected chi connectivity index (χ4v) is 3.78. The Morgan fingerprint density at radius 1 is 0.839 bits per heavy atom. The van der Waals surface area contributed by atoms with Gasteiger partial charge in [0.1, 0.15) is 5.75 Å². The van der Waals surface area contributed by atoms with Gasteiger partial charge in [0.05, 0.1) is 24.1 Å². The predicted molar refractivity (Wildman–Crippen MR) is 125 cm³/mol. The van der Waals surface area contributed by atoms with Gasteiger partial charge < -0.3 is 10.5 Å². The number of hydrogen-bond acceptors (Lipinski definition) is 4. The summed E-state index contributed by atoms with van der Waals surface area (Å²) >= 11 is 6.09. The van der Waals surface area contributed by atoms with Crippen LogP contribution in [0.3, 0.4) is 0 Å². The second-order valence-electron chi connectivity index (χ2n) is 7.12. The average Bonchev–Trinajstić information content (AvgIpc) is 3.15. The summed E-state index contributed by atoms with van der Waals surface area (Å²) in [6.45, 7) is 0. The highest BCUT2D eigenvalue weighted by Gasteiger charge is 2.19. The first-order chi connectivity index (χ1) is 15.1. The Morgan fingerprint density at radius 2 is 1.52 bits per heavy atom. The third-order valence-corrected chi connectivity index (χ3v) is 5.46. The van der Waals surface area contributed by atoms with Crippen LogP contribution in [-0.2, 0) is 0 Å². The molecule has 0 saturated heterocycles. The van der Waals surface area contributed by atoms with Crippen molar-refractivity contribution >= 4 is 23.1 Å². The summed E-state index contributed by atoms with van der Waals surface area (Å²) in [4.78, 5) is 4.95. The lowest BCUT2D eigenvalue weighted by Crippen LogP contribution is -1.99. The molecule has 0 aliphatic heterocycles. The van der Waals surface area contributed by atoms with E-state index in [4.69, 9.17) is 27.1 Å². The molecule has 5 nitrogen and oxygen atoms in total. The molecular formula is C25H19ClN4O. The van der Waals surface area contributed by atoms with Crippen molar-refractivity contribution in [1.29, 1.82) is 0 Å². The molecule has 0 fully saturated rings. The van der Waals surface area contributed by atoms with Crippen molar-refractivity contribution in [3.63, 3.8) is 0 Å². The normalized spacial score (nSPS) is 11.0. The lowest BCUT2D eigenvalue weighted by Gasteiger charge is -2.10. The van der Waals surface area contributed by atoms with Gasteiger partial charge in [-0.15, -0.1) is 5.10 Å². The Bertz CT molecular complexity index is 1360. The van der Waals surface area contributed by atoms with Gasteiger partial charge in [0.15, 0.2) is 11.5 Å². The van der Waals surface area contributed by atoms with Crippen LogP contribution >= 0.6 is 11.6 Å². The Morgan fingerprint density at radius 3 is 2.19 bits per heavy atom. The van der Waals surface area contributed by atoms with E-state index < -0.39 is 0 Å². The summed E-state index contributed by atoms with van der Waals surface area (Å²) in [6.07, 6.45) is 0. The lowest BCUT2D eigenvalue weighted by molar-refractivity contribution is 0.415. The first-order valence-electron chi connectivity index (χ1n) is 9.79. The van der Waals surface area contributed by atoms with Crippen LogP contribution in [0.15, 0.2) is 84.9 Å². The number of fused-ring (bicyclic) bond motifs is 1. The molecule has 0 aliphatic rings. The number of halogens is 1. The van der Waals surface area contributed by atoms with E-state index in [0.717, 1.165) is 39.4 Å². The summed E-state index contributed by atoms with van der Waals surface area (Å²) in [7, 11) is 1.65. The lowest BCUT2D eigenvalue weighted by atomic mass is 10.1. The van der Waals surface area contributed by atoms with Gasteiger partial charge in [-0.2, -0.15) is 0 Å². The molecule has 0 aliphatic carbocycles. The molecule has 0 amide bonds. The third-order valence-electron chi connectivity index (χ3n) is 5.20. The number of hydrogen-bond donors (Lipinski definition) is 1. The molecule has 0 radical (unpaired) electrons. The maximum Gasteiger partial charge on any atom is 0.166 e. The second-order valence-corrected chi connectivity index (χ2v) is 7.56. The maximum absolute atomic E-state index is 6.38. The quantitative estimate of drug-likeness (QED) is 0.384. The molecule has 31 heavy (non-hydrogen) atoms. The Kier molecular flexibility index (Phi) is 4.81. The van der Waals surface area contributed by atoms with E-state index in [9.17, 15) is 0 Å². The molecule has 0 unspecified atom stereocenters. The van der Waals surface area contributed by atoms with Crippen LogP contribution in [0.4, 0.5) is 5.82 Å². The summed E-state index contributed by atoms with van der Waals surface area (Å²) in [5.41, 5.74) is 12.5. The van der Waals surface area contributed by atoms with Crippen molar-refractivity contribution in [2.45, 2.75) is 0 Å². The van der Waals surface area contributed by atoms with Crippen molar-refractivity contribution in [2.24, 2.45) is 0 Å². The number of methoxy groups -OCH3 is 1. The van der Waals surface area contributed by atoms with Crippen LogP contribution in [0.2, 0.25) is 5.02 Å². The smallest absolute Gasteiger partial charge is 0.166 e. The molecule has 3 aromatic carbocycles. The van der Waals surface area contributed by atoms with E-state index in [1.54, 1.807) is 11.6 Å². The second kappa shape index (κ2) is 7.78. The first-order valence-corrected chi connectivity index (χ1v) is 10.2. The average molecular weight is 427 g/mol. The molecule has 2 heterocycles. The van der Waals surface area contributed by atoms with E-state index >= 15 is 0 Å². The maximum atomic E-state index is 6.38. The summed E-state index contributed by atoms with van der Waals surface area (Å²) in [5.74, 6) is 1.20. The van der Waals surface area contributed by atoms with Crippen molar-refractivity contribution in [3.8, 4) is 39.4 Å². The minimum atomic E-state index is 0.412. The van der Waals surface area contributed by atoms with Crippen molar-refractivity contribution in [3.05, 3.63) is 90.0 Å². The van der Waals surface area contributed by atoms with Gasteiger partial charge in [-0.3, -0.25) is 0 Å². The molecule has 6 heteroatoms. The standard InChI is InChI=1S/C25H19ClN4O/c1-31-20-13-9-17(10-14-20)22-15-21(16-5-3-2-4-6-16)28-25-23(24(27)29-30(22)25)18-7-11-19(26)12-8-18/h2-15H,1H3,(H2,27,29). The number of nitrogens with zero attached hydrogens (tertiary/aromatic N) is 3. The molecule has 0 saturated carbocycles. The summed E-state index contributed by atoms with van der Waals surface area (Å²) in [5, 5.41) is 5.30. The van der Waals surface area contributed by atoms with Gasteiger partial charge in [0, 0.05) is 16.1 Å². The number of anilines is 1. The van der Waals surface area contributed by atoms with E-state index in [1.807, 2.05) is 84.9 Å².